The van der Waals surface area contributed by atoms with E-state index < -0.39 is 21.7 Å². The molecule has 0 bridgehead atoms. The molecule has 8 nitrogen and oxygen atoms in total. The minimum atomic E-state index is -3.70. The molecule has 1 aliphatic rings. The van der Waals surface area contributed by atoms with Crippen LogP contribution >= 0.6 is 0 Å². The van der Waals surface area contributed by atoms with Crippen molar-refractivity contribution in [3.05, 3.63) is 76.1 Å². The first kappa shape index (κ1) is 22.3. The molecule has 1 aromatic heterocycles. The maximum Gasteiger partial charge on any atom is 0.337 e. The zero-order valence-corrected chi connectivity index (χ0v) is 19.0. The lowest BCUT2D eigenvalue weighted by atomic mass is 10.0. The maximum atomic E-state index is 13.1. The highest BCUT2D eigenvalue weighted by molar-refractivity contribution is 7.90. The number of carboxylic acid groups (broad SMARTS) is 1. The number of carbonyl (C=O) groups is 2. The summed E-state index contributed by atoms with van der Waals surface area (Å²) < 4.78 is 31.3. The lowest BCUT2D eigenvalue weighted by Gasteiger charge is -2.08. The number of rotatable bonds is 6. The molecule has 0 fully saturated rings. The van der Waals surface area contributed by atoms with Crippen molar-refractivity contribution in [2.75, 3.05) is 12.4 Å². The quantitative estimate of drug-likeness (QED) is 0.475. The number of carbonyl (C=O) groups excluding carboxylic acids is 1. The van der Waals surface area contributed by atoms with Crippen LogP contribution in [0, 0.1) is 13.8 Å². The minimum absolute atomic E-state index is 0.0806. The fraction of sp³-hybridized carbons (Fsp3) is 0.167. The van der Waals surface area contributed by atoms with Crippen molar-refractivity contribution in [1.29, 1.82) is 0 Å². The number of nitrogens with one attached hydrogen (secondary N) is 2. The standard InChI is InChI=1S/C24H22N2O6S/c1-13-21(25-14(2)22(13)24(28)29)11-19-18-10-17(7-8-20(18)26-23(19)27)33(30,31)12-15-5-4-6-16(9-15)32-3/h4-11,25H,12H2,1-3H3,(H,26,27)(H,28,29)/b19-11-. The Morgan fingerprint density at radius 2 is 1.91 bits per heavy atom. The highest BCUT2D eigenvalue weighted by Gasteiger charge is 2.28. The van der Waals surface area contributed by atoms with E-state index in [0.29, 0.717) is 39.5 Å². The Morgan fingerprint density at radius 3 is 2.58 bits per heavy atom. The van der Waals surface area contributed by atoms with Crippen molar-refractivity contribution in [1.82, 2.24) is 4.98 Å². The number of aromatic nitrogens is 1. The summed E-state index contributed by atoms with van der Waals surface area (Å²) in [6, 6.07) is 11.3. The monoisotopic (exact) mass is 466 g/mol. The van der Waals surface area contributed by atoms with Gasteiger partial charge in [-0.25, -0.2) is 13.2 Å². The first-order chi connectivity index (χ1) is 15.6. The Morgan fingerprint density at radius 1 is 1.15 bits per heavy atom. The van der Waals surface area contributed by atoms with Crippen LogP contribution in [-0.2, 0) is 20.4 Å². The summed E-state index contributed by atoms with van der Waals surface area (Å²) in [6.45, 7) is 3.30. The first-order valence-electron chi connectivity index (χ1n) is 10.1. The van der Waals surface area contributed by atoms with Crippen LogP contribution in [0.25, 0.3) is 11.6 Å². The third-order valence-electron chi connectivity index (χ3n) is 5.60. The van der Waals surface area contributed by atoms with E-state index in [1.54, 1.807) is 50.3 Å². The van der Waals surface area contributed by atoms with Crippen LogP contribution in [0.3, 0.4) is 0 Å². The topological polar surface area (TPSA) is 126 Å². The van der Waals surface area contributed by atoms with Crippen LogP contribution in [0.1, 0.15) is 38.4 Å². The summed E-state index contributed by atoms with van der Waals surface area (Å²) in [5.74, 6) is -1.11. The molecule has 1 aliphatic heterocycles. The number of benzene rings is 2. The molecule has 0 aliphatic carbocycles. The molecule has 0 saturated heterocycles. The molecule has 4 rings (SSSR count). The van der Waals surface area contributed by atoms with Crippen LogP contribution in [0.2, 0.25) is 0 Å². The molecule has 3 N–H and O–H groups in total. The number of hydrogen-bond donors (Lipinski definition) is 3. The summed E-state index contributed by atoms with van der Waals surface area (Å²) in [7, 11) is -2.19. The van der Waals surface area contributed by atoms with Crippen molar-refractivity contribution in [3.63, 3.8) is 0 Å². The predicted molar refractivity (Wildman–Crippen MR) is 124 cm³/mol. The second-order valence-electron chi connectivity index (χ2n) is 7.80. The molecule has 0 spiro atoms. The maximum absolute atomic E-state index is 13.1. The van der Waals surface area contributed by atoms with E-state index in [4.69, 9.17) is 4.74 Å². The Balaban J connectivity index is 1.74. The van der Waals surface area contributed by atoms with Gasteiger partial charge in [0.25, 0.3) is 5.91 Å². The van der Waals surface area contributed by atoms with E-state index in [1.807, 2.05) is 0 Å². The van der Waals surface area contributed by atoms with Crippen LogP contribution in [0.5, 0.6) is 5.75 Å². The normalized spacial score (nSPS) is 14.3. The number of ether oxygens (including phenoxy) is 1. The number of aromatic amines is 1. The van der Waals surface area contributed by atoms with Gasteiger partial charge in [0.05, 0.1) is 28.9 Å². The number of aryl methyl sites for hydroxylation is 1. The van der Waals surface area contributed by atoms with Crippen LogP contribution in [0.15, 0.2) is 47.4 Å². The second-order valence-corrected chi connectivity index (χ2v) is 9.79. The second kappa shape index (κ2) is 8.25. The van der Waals surface area contributed by atoms with Crippen LogP contribution < -0.4 is 10.1 Å². The highest BCUT2D eigenvalue weighted by Crippen LogP contribution is 2.36. The van der Waals surface area contributed by atoms with Gasteiger partial charge in [0.1, 0.15) is 5.75 Å². The molecule has 3 aromatic rings. The molecular formula is C24H22N2O6S. The molecule has 0 atom stereocenters. The van der Waals surface area contributed by atoms with Gasteiger partial charge in [0.15, 0.2) is 9.84 Å². The molecular weight excluding hydrogens is 444 g/mol. The Kier molecular flexibility index (Phi) is 5.59. The fourth-order valence-electron chi connectivity index (χ4n) is 3.95. The lowest BCUT2D eigenvalue weighted by Crippen LogP contribution is -2.05. The molecule has 9 heteroatoms. The molecule has 0 unspecified atom stereocenters. The highest BCUT2D eigenvalue weighted by atomic mass is 32.2. The number of aromatic carboxylic acids is 1. The summed E-state index contributed by atoms with van der Waals surface area (Å²) in [4.78, 5) is 27.2. The lowest BCUT2D eigenvalue weighted by molar-refractivity contribution is -0.110. The Hall–Kier alpha value is -3.85. The number of anilines is 1. The zero-order chi connectivity index (χ0) is 23.9. The molecule has 0 saturated carbocycles. The van der Waals surface area contributed by atoms with Gasteiger partial charge in [-0.05, 0) is 61.4 Å². The SMILES string of the molecule is COc1cccc(CS(=O)(=O)c2ccc3c(c2)/C(=C/c2[nH]c(C)c(C(=O)O)c2C)C(=O)N3)c1. The zero-order valence-electron chi connectivity index (χ0n) is 18.2. The molecule has 0 radical (unpaired) electrons. The summed E-state index contributed by atoms with van der Waals surface area (Å²) >= 11 is 0. The first-order valence-corrected chi connectivity index (χ1v) is 11.7. The van der Waals surface area contributed by atoms with Gasteiger partial charge in [0.2, 0.25) is 0 Å². The number of carboxylic acids is 1. The third kappa shape index (κ3) is 4.14. The van der Waals surface area contributed by atoms with E-state index >= 15 is 0 Å². The molecule has 2 heterocycles. The smallest absolute Gasteiger partial charge is 0.337 e. The average molecular weight is 467 g/mol. The van der Waals surface area contributed by atoms with Gasteiger partial charge < -0.3 is 20.1 Å². The van der Waals surface area contributed by atoms with Crippen molar-refractivity contribution >= 4 is 39.1 Å². The number of sulfone groups is 1. The van der Waals surface area contributed by atoms with E-state index in [-0.39, 0.29) is 21.8 Å². The number of methoxy groups -OCH3 is 1. The Labute approximate surface area is 190 Å². The predicted octanol–water partition coefficient (Wildman–Crippen LogP) is 3.80. The van der Waals surface area contributed by atoms with Gasteiger partial charge in [-0.3, -0.25) is 4.79 Å². The van der Waals surface area contributed by atoms with Gasteiger partial charge in [-0.1, -0.05) is 12.1 Å². The third-order valence-corrected chi connectivity index (χ3v) is 7.29. The number of hydrogen-bond acceptors (Lipinski definition) is 5. The Bertz CT molecular complexity index is 1430. The summed E-state index contributed by atoms with van der Waals surface area (Å²) in [5.41, 5.74) is 3.36. The van der Waals surface area contributed by atoms with Gasteiger partial charge >= 0.3 is 5.97 Å². The van der Waals surface area contributed by atoms with E-state index in [0.717, 1.165) is 0 Å². The van der Waals surface area contributed by atoms with Gasteiger partial charge in [-0.2, -0.15) is 0 Å². The van der Waals surface area contributed by atoms with Crippen molar-refractivity contribution in [3.8, 4) is 5.75 Å². The number of H-pyrrole nitrogens is 1. The van der Waals surface area contributed by atoms with Crippen molar-refractivity contribution in [2.45, 2.75) is 24.5 Å². The van der Waals surface area contributed by atoms with Crippen molar-refractivity contribution < 1.29 is 27.9 Å². The minimum Gasteiger partial charge on any atom is -0.497 e. The van der Waals surface area contributed by atoms with E-state index in [1.165, 1.54) is 19.2 Å². The molecule has 2 aromatic carbocycles. The van der Waals surface area contributed by atoms with Gasteiger partial charge in [-0.15, -0.1) is 0 Å². The largest absolute Gasteiger partial charge is 0.497 e. The van der Waals surface area contributed by atoms with Crippen LogP contribution in [0.4, 0.5) is 5.69 Å². The molecule has 33 heavy (non-hydrogen) atoms. The van der Waals surface area contributed by atoms with Crippen LogP contribution in [-0.4, -0.2) is 37.5 Å². The number of fused-ring (bicyclic) bond motifs is 1. The summed E-state index contributed by atoms with van der Waals surface area (Å²) in [5, 5.41) is 12.1. The average Bonchev–Trinajstić information content (AvgIpc) is 3.22. The fourth-order valence-corrected chi connectivity index (χ4v) is 5.31. The van der Waals surface area contributed by atoms with E-state index in [2.05, 4.69) is 10.3 Å². The van der Waals surface area contributed by atoms with E-state index in [9.17, 15) is 23.1 Å². The van der Waals surface area contributed by atoms with Gasteiger partial charge in [0, 0.05) is 22.6 Å². The molecule has 170 valence electrons. The van der Waals surface area contributed by atoms with Crippen molar-refractivity contribution in [2.24, 2.45) is 0 Å². The number of amides is 1. The molecule has 1 amide bonds. The summed E-state index contributed by atoms with van der Waals surface area (Å²) in [6.07, 6.45) is 1.55.